The molecule has 0 spiro atoms. The zero-order valence-corrected chi connectivity index (χ0v) is 13.0. The van der Waals surface area contributed by atoms with Crippen molar-refractivity contribution in [2.24, 2.45) is 5.41 Å². The molecule has 110 valence electrons. The summed E-state index contributed by atoms with van der Waals surface area (Å²) >= 11 is 6.26. The van der Waals surface area contributed by atoms with Crippen LogP contribution in [0.4, 0.5) is 0 Å². The second kappa shape index (κ2) is 6.05. The molecule has 0 atom stereocenters. The smallest absolute Gasteiger partial charge is 0.0468 e. The minimum Gasteiger partial charge on any atom is -0.385 e. The van der Waals surface area contributed by atoms with E-state index in [1.807, 2.05) is 12.1 Å². The number of halogens is 1. The summed E-state index contributed by atoms with van der Waals surface area (Å²) in [5.41, 5.74) is 1.87. The van der Waals surface area contributed by atoms with Gasteiger partial charge in [0.15, 0.2) is 0 Å². The quantitative estimate of drug-likeness (QED) is 0.821. The summed E-state index contributed by atoms with van der Waals surface area (Å²) in [5.74, 6) is 0.648. The number of hydrogen-bond donors (Lipinski definition) is 1. The lowest BCUT2D eigenvalue weighted by molar-refractivity contribution is 0.166. The van der Waals surface area contributed by atoms with Gasteiger partial charge in [-0.15, -0.1) is 0 Å². The van der Waals surface area contributed by atoms with Crippen molar-refractivity contribution in [2.75, 3.05) is 20.3 Å². The van der Waals surface area contributed by atoms with Crippen LogP contribution in [0, 0.1) is 5.41 Å². The molecule has 3 rings (SSSR count). The van der Waals surface area contributed by atoms with Crippen molar-refractivity contribution >= 4 is 11.6 Å². The maximum atomic E-state index is 6.26. The molecule has 0 heterocycles. The van der Waals surface area contributed by atoms with E-state index >= 15 is 0 Å². The molecule has 1 aromatic rings. The van der Waals surface area contributed by atoms with Crippen LogP contribution in [0.15, 0.2) is 24.3 Å². The lowest BCUT2D eigenvalue weighted by Gasteiger charge is -2.37. The standard InChI is InChI=1S/C17H24ClNO/c1-20-9-8-17(6-7-17)12-19-14-10-13(11-14)15-4-2-3-5-16(15)18/h2-5,13-14,19H,6-12H2,1H3. The Hall–Kier alpha value is -0.570. The minimum absolute atomic E-state index is 0.547. The van der Waals surface area contributed by atoms with Crippen LogP contribution in [0.3, 0.4) is 0 Å². The fourth-order valence-electron chi connectivity index (χ4n) is 3.22. The third kappa shape index (κ3) is 3.19. The van der Waals surface area contributed by atoms with Crippen molar-refractivity contribution in [1.29, 1.82) is 0 Å². The van der Waals surface area contributed by atoms with E-state index in [-0.39, 0.29) is 0 Å². The Labute approximate surface area is 126 Å². The summed E-state index contributed by atoms with van der Waals surface area (Å²) in [5, 5.41) is 4.68. The fourth-order valence-corrected chi connectivity index (χ4v) is 3.51. The monoisotopic (exact) mass is 293 g/mol. The highest BCUT2D eigenvalue weighted by Crippen LogP contribution is 2.49. The van der Waals surface area contributed by atoms with Gasteiger partial charge in [0.1, 0.15) is 0 Å². The molecule has 1 N–H and O–H groups in total. The SMILES string of the molecule is COCCC1(CNC2CC(c3ccccc3Cl)C2)CC1. The third-order valence-corrected chi connectivity index (χ3v) is 5.39. The Morgan fingerprint density at radius 2 is 2.05 bits per heavy atom. The van der Waals surface area contributed by atoms with E-state index in [1.54, 1.807) is 7.11 Å². The van der Waals surface area contributed by atoms with Crippen molar-refractivity contribution in [2.45, 2.75) is 44.1 Å². The van der Waals surface area contributed by atoms with Crippen molar-refractivity contribution < 1.29 is 4.74 Å². The summed E-state index contributed by atoms with van der Waals surface area (Å²) in [6.07, 6.45) is 6.39. The first kappa shape index (κ1) is 14.4. The number of methoxy groups -OCH3 is 1. The van der Waals surface area contributed by atoms with Crippen molar-refractivity contribution in [1.82, 2.24) is 5.32 Å². The highest BCUT2D eigenvalue weighted by molar-refractivity contribution is 6.31. The number of hydrogen-bond acceptors (Lipinski definition) is 2. The molecule has 0 aromatic heterocycles. The molecule has 2 fully saturated rings. The Morgan fingerprint density at radius 3 is 2.70 bits per heavy atom. The Morgan fingerprint density at radius 1 is 1.30 bits per heavy atom. The number of benzene rings is 1. The number of nitrogens with one attached hydrogen (secondary N) is 1. The third-order valence-electron chi connectivity index (χ3n) is 5.04. The van der Waals surface area contributed by atoms with Crippen molar-refractivity contribution in [3.05, 3.63) is 34.9 Å². The summed E-state index contributed by atoms with van der Waals surface area (Å²) < 4.78 is 5.21. The molecule has 0 aliphatic heterocycles. The second-order valence-electron chi connectivity index (χ2n) is 6.51. The average Bonchev–Trinajstić information content (AvgIpc) is 3.17. The first-order valence-electron chi connectivity index (χ1n) is 7.69. The molecule has 2 nitrogen and oxygen atoms in total. The summed E-state index contributed by atoms with van der Waals surface area (Å²) in [6, 6.07) is 8.95. The van der Waals surface area contributed by atoms with Crippen LogP contribution in [0.1, 0.15) is 43.6 Å². The largest absolute Gasteiger partial charge is 0.385 e. The molecule has 3 heteroatoms. The van der Waals surface area contributed by atoms with Crippen molar-refractivity contribution in [3.8, 4) is 0 Å². The predicted octanol–water partition coefficient (Wildman–Crippen LogP) is 3.99. The first-order chi connectivity index (χ1) is 9.72. The van der Waals surface area contributed by atoms with E-state index in [2.05, 4.69) is 17.4 Å². The number of rotatable bonds is 7. The number of ether oxygens (including phenoxy) is 1. The van der Waals surface area contributed by atoms with Gasteiger partial charge >= 0.3 is 0 Å². The maximum absolute atomic E-state index is 6.26. The molecule has 0 unspecified atom stereocenters. The van der Waals surface area contributed by atoms with E-state index in [1.165, 1.54) is 37.7 Å². The van der Waals surface area contributed by atoms with E-state index in [0.29, 0.717) is 17.4 Å². The molecular formula is C17H24ClNO. The van der Waals surface area contributed by atoms with Gasteiger partial charge in [0, 0.05) is 31.3 Å². The van der Waals surface area contributed by atoms with Gasteiger partial charge in [-0.25, -0.2) is 0 Å². The van der Waals surface area contributed by atoms with Gasteiger partial charge < -0.3 is 10.1 Å². The highest BCUT2D eigenvalue weighted by atomic mass is 35.5. The van der Waals surface area contributed by atoms with Crippen LogP contribution >= 0.6 is 11.6 Å². The molecule has 0 radical (unpaired) electrons. The Balaban J connectivity index is 1.42. The Bertz CT molecular complexity index is 452. The molecule has 0 amide bonds. The fraction of sp³-hybridized carbons (Fsp3) is 0.647. The van der Waals surface area contributed by atoms with Crippen LogP contribution in [0.25, 0.3) is 0 Å². The van der Waals surface area contributed by atoms with Crippen LogP contribution in [-0.4, -0.2) is 26.3 Å². The lowest BCUT2D eigenvalue weighted by atomic mass is 9.75. The lowest BCUT2D eigenvalue weighted by Crippen LogP contribution is -2.42. The zero-order valence-electron chi connectivity index (χ0n) is 12.2. The van der Waals surface area contributed by atoms with Gasteiger partial charge in [-0.3, -0.25) is 0 Å². The van der Waals surface area contributed by atoms with Gasteiger partial charge in [-0.1, -0.05) is 29.8 Å². The van der Waals surface area contributed by atoms with Crippen molar-refractivity contribution in [3.63, 3.8) is 0 Å². The summed E-state index contributed by atoms with van der Waals surface area (Å²) in [7, 11) is 1.80. The maximum Gasteiger partial charge on any atom is 0.0468 e. The van der Waals surface area contributed by atoms with Gasteiger partial charge in [-0.05, 0) is 55.1 Å². The molecule has 2 aliphatic rings. The van der Waals surface area contributed by atoms with Gasteiger partial charge in [0.05, 0.1) is 0 Å². The first-order valence-corrected chi connectivity index (χ1v) is 8.07. The van der Waals surface area contributed by atoms with E-state index in [4.69, 9.17) is 16.3 Å². The molecule has 1 aromatic carbocycles. The normalized spacial score (nSPS) is 27.1. The van der Waals surface area contributed by atoms with Crippen LogP contribution in [0.5, 0.6) is 0 Å². The van der Waals surface area contributed by atoms with Crippen LogP contribution < -0.4 is 5.32 Å². The van der Waals surface area contributed by atoms with Crippen LogP contribution in [-0.2, 0) is 4.74 Å². The molecule has 20 heavy (non-hydrogen) atoms. The molecular weight excluding hydrogens is 270 g/mol. The summed E-state index contributed by atoms with van der Waals surface area (Å²) in [4.78, 5) is 0. The summed E-state index contributed by atoms with van der Waals surface area (Å²) in [6.45, 7) is 2.06. The second-order valence-corrected chi connectivity index (χ2v) is 6.92. The van der Waals surface area contributed by atoms with Gasteiger partial charge in [-0.2, -0.15) is 0 Å². The predicted molar refractivity (Wildman–Crippen MR) is 83.4 cm³/mol. The van der Waals surface area contributed by atoms with Gasteiger partial charge in [0.25, 0.3) is 0 Å². The van der Waals surface area contributed by atoms with Gasteiger partial charge in [0.2, 0.25) is 0 Å². The molecule has 0 bridgehead atoms. The molecule has 0 saturated heterocycles. The zero-order chi connectivity index (χ0) is 14.0. The minimum atomic E-state index is 0.547. The van der Waals surface area contributed by atoms with E-state index in [9.17, 15) is 0 Å². The van der Waals surface area contributed by atoms with E-state index in [0.717, 1.165) is 18.2 Å². The topological polar surface area (TPSA) is 21.3 Å². The molecule has 2 aliphatic carbocycles. The van der Waals surface area contributed by atoms with E-state index < -0.39 is 0 Å². The average molecular weight is 294 g/mol. The Kier molecular flexibility index (Phi) is 4.34. The highest BCUT2D eigenvalue weighted by Gasteiger charge is 2.43. The van der Waals surface area contributed by atoms with Crippen LogP contribution in [0.2, 0.25) is 5.02 Å². The molecule has 2 saturated carbocycles.